The molecule has 0 aromatic heterocycles. The van der Waals surface area contributed by atoms with E-state index in [1.54, 1.807) is 0 Å². The molecule has 0 saturated carbocycles. The first-order chi connectivity index (χ1) is 15.4. The van der Waals surface area contributed by atoms with Crippen LogP contribution in [0, 0.1) is 10.1 Å². The molecule has 10 heteroatoms. The molecule has 2 heterocycles. The fraction of sp³-hybridized carbons (Fsp3) is 0.727. The van der Waals surface area contributed by atoms with Crippen molar-refractivity contribution in [1.29, 1.82) is 0 Å². The van der Waals surface area contributed by atoms with Crippen LogP contribution in [0.15, 0.2) is 12.1 Å². The summed E-state index contributed by atoms with van der Waals surface area (Å²) in [6, 6.07) is 2.79. The first-order valence-electron chi connectivity index (χ1n) is 11.2. The molecule has 32 heavy (non-hydrogen) atoms. The summed E-state index contributed by atoms with van der Waals surface area (Å²) in [5.74, 6) is 0.245. The van der Waals surface area contributed by atoms with Crippen molar-refractivity contribution in [1.82, 2.24) is 0 Å². The fourth-order valence-electron chi connectivity index (χ4n) is 3.56. The highest BCUT2D eigenvalue weighted by molar-refractivity contribution is 6.34. The molecule has 2 aliphatic rings. The minimum atomic E-state index is -0.535. The number of nitrogens with zero attached hydrogens (tertiary/aromatic N) is 1. The van der Waals surface area contributed by atoms with Gasteiger partial charge in [-0.25, -0.2) is 0 Å². The Balaban J connectivity index is 1.57. The monoisotopic (exact) mass is 473 g/mol. The van der Waals surface area contributed by atoms with Crippen LogP contribution in [0.2, 0.25) is 5.02 Å². The number of benzene rings is 1. The Labute approximate surface area is 193 Å². The van der Waals surface area contributed by atoms with Crippen molar-refractivity contribution in [3.8, 4) is 11.5 Å². The van der Waals surface area contributed by atoms with Crippen LogP contribution in [0.4, 0.5) is 5.69 Å². The van der Waals surface area contributed by atoms with Gasteiger partial charge in [0.25, 0.3) is 0 Å². The fourth-order valence-corrected chi connectivity index (χ4v) is 3.83. The molecule has 2 saturated heterocycles. The van der Waals surface area contributed by atoms with Gasteiger partial charge >= 0.3 is 5.69 Å². The number of hydrogen-bond acceptors (Lipinski definition) is 8. The summed E-state index contributed by atoms with van der Waals surface area (Å²) in [7, 11) is 0. The summed E-state index contributed by atoms with van der Waals surface area (Å²) < 4.78 is 34.3. The maximum Gasteiger partial charge on any atom is 0.312 e. The lowest BCUT2D eigenvalue weighted by Crippen LogP contribution is -2.30. The average molecular weight is 474 g/mol. The predicted molar refractivity (Wildman–Crippen MR) is 117 cm³/mol. The van der Waals surface area contributed by atoms with Crippen LogP contribution < -0.4 is 9.47 Å². The molecule has 1 aromatic carbocycles. The zero-order chi connectivity index (χ0) is 22.9. The van der Waals surface area contributed by atoms with Crippen LogP contribution in [0.5, 0.6) is 11.5 Å². The van der Waals surface area contributed by atoms with Gasteiger partial charge in [0, 0.05) is 19.3 Å². The van der Waals surface area contributed by atoms with Gasteiger partial charge in [-0.3, -0.25) is 10.1 Å². The van der Waals surface area contributed by atoms with Gasteiger partial charge in [-0.15, -0.1) is 0 Å². The summed E-state index contributed by atoms with van der Waals surface area (Å²) in [6.07, 6.45) is 4.78. The van der Waals surface area contributed by atoms with Crippen LogP contribution in [0.3, 0.4) is 0 Å². The lowest BCUT2D eigenvalue weighted by atomic mass is 10.2. The molecule has 0 radical (unpaired) electrons. The Hall–Kier alpha value is -1.65. The van der Waals surface area contributed by atoms with E-state index in [9.17, 15) is 10.1 Å². The quantitative estimate of drug-likeness (QED) is 0.331. The molecule has 0 bridgehead atoms. The minimum absolute atomic E-state index is 0.0430. The van der Waals surface area contributed by atoms with Crippen molar-refractivity contribution >= 4 is 17.3 Å². The lowest BCUT2D eigenvalue weighted by Gasteiger charge is -2.26. The molecule has 9 nitrogen and oxygen atoms in total. The molecule has 0 N–H and O–H groups in total. The molecule has 4 unspecified atom stereocenters. The Morgan fingerprint density at radius 2 is 1.56 bits per heavy atom. The van der Waals surface area contributed by atoms with Gasteiger partial charge in [0.05, 0.1) is 17.1 Å². The predicted octanol–water partition coefficient (Wildman–Crippen LogP) is 4.87. The van der Waals surface area contributed by atoms with Gasteiger partial charge in [0.1, 0.15) is 24.0 Å². The van der Waals surface area contributed by atoms with E-state index in [0.717, 1.165) is 38.5 Å². The van der Waals surface area contributed by atoms with Crippen molar-refractivity contribution in [3.63, 3.8) is 0 Å². The van der Waals surface area contributed by atoms with Crippen molar-refractivity contribution in [2.45, 2.75) is 77.2 Å². The SMILES string of the molecule is CC(COc1ccc([N+](=O)[O-])c(OCC(C)OC2CCCCO2)c1Cl)OC1CCCCO1. The highest BCUT2D eigenvalue weighted by atomic mass is 35.5. The maximum atomic E-state index is 11.5. The number of hydrogen-bond donors (Lipinski definition) is 0. The van der Waals surface area contributed by atoms with Crippen molar-refractivity contribution in [3.05, 3.63) is 27.3 Å². The number of ether oxygens (including phenoxy) is 6. The normalized spacial score (nSPS) is 23.3. The summed E-state index contributed by atoms with van der Waals surface area (Å²) in [5.41, 5.74) is -0.233. The van der Waals surface area contributed by atoms with E-state index < -0.39 is 4.92 Å². The molecule has 0 aliphatic carbocycles. The molecule has 0 amide bonds. The zero-order valence-corrected chi connectivity index (χ0v) is 19.4. The molecule has 180 valence electrons. The van der Waals surface area contributed by atoms with E-state index in [1.165, 1.54) is 12.1 Å². The van der Waals surface area contributed by atoms with Gasteiger partial charge < -0.3 is 28.4 Å². The third kappa shape index (κ3) is 7.45. The van der Waals surface area contributed by atoms with E-state index in [2.05, 4.69) is 0 Å². The van der Waals surface area contributed by atoms with E-state index in [1.807, 2.05) is 13.8 Å². The van der Waals surface area contributed by atoms with Crippen molar-refractivity contribution in [2.75, 3.05) is 26.4 Å². The summed E-state index contributed by atoms with van der Waals surface area (Å²) in [4.78, 5) is 10.9. The van der Waals surface area contributed by atoms with Gasteiger partial charge in [-0.05, 0) is 58.4 Å². The first kappa shape index (κ1) is 25.0. The van der Waals surface area contributed by atoms with Crippen LogP contribution in [0.25, 0.3) is 0 Å². The van der Waals surface area contributed by atoms with Crippen molar-refractivity contribution < 1.29 is 33.3 Å². The topological polar surface area (TPSA) is 98.5 Å². The smallest absolute Gasteiger partial charge is 0.312 e. The van der Waals surface area contributed by atoms with Crippen LogP contribution in [-0.4, -0.2) is 56.1 Å². The molecule has 2 fully saturated rings. The highest BCUT2D eigenvalue weighted by Gasteiger charge is 2.25. The molecule has 4 atom stereocenters. The second kappa shape index (κ2) is 12.6. The Morgan fingerprint density at radius 1 is 1.00 bits per heavy atom. The number of halogens is 1. The lowest BCUT2D eigenvalue weighted by molar-refractivity contribution is -0.386. The minimum Gasteiger partial charge on any atom is -0.489 e. The van der Waals surface area contributed by atoms with E-state index >= 15 is 0 Å². The number of rotatable bonds is 11. The average Bonchev–Trinajstić information content (AvgIpc) is 2.78. The Morgan fingerprint density at radius 3 is 2.06 bits per heavy atom. The van der Waals surface area contributed by atoms with Crippen LogP contribution in [0.1, 0.15) is 52.4 Å². The van der Waals surface area contributed by atoms with E-state index in [-0.39, 0.29) is 60.2 Å². The van der Waals surface area contributed by atoms with Crippen LogP contribution in [-0.2, 0) is 18.9 Å². The summed E-state index contributed by atoms with van der Waals surface area (Å²) in [6.45, 7) is 5.37. The van der Waals surface area contributed by atoms with E-state index in [0.29, 0.717) is 13.2 Å². The Bertz CT molecular complexity index is 737. The maximum absolute atomic E-state index is 11.5. The number of nitro benzene ring substituents is 1. The van der Waals surface area contributed by atoms with Gasteiger partial charge in [0.2, 0.25) is 5.75 Å². The number of nitro groups is 1. The van der Waals surface area contributed by atoms with Crippen molar-refractivity contribution in [2.24, 2.45) is 0 Å². The first-order valence-corrected chi connectivity index (χ1v) is 11.6. The standard InChI is InChI=1S/C22H32ClNO8/c1-15(31-19-7-3-5-11-27-19)13-29-18-10-9-17(24(25)26)22(21(18)23)30-14-16(2)32-20-8-4-6-12-28-20/h9-10,15-16,19-20H,3-8,11-14H2,1-2H3. The second-order valence-corrected chi connectivity index (χ2v) is 8.47. The molecular formula is C22H32ClNO8. The molecule has 2 aliphatic heterocycles. The highest BCUT2D eigenvalue weighted by Crippen LogP contribution is 2.41. The summed E-state index contributed by atoms with van der Waals surface area (Å²) in [5, 5.41) is 11.5. The molecule has 3 rings (SSSR count). The van der Waals surface area contributed by atoms with Gasteiger partial charge in [-0.1, -0.05) is 11.6 Å². The summed E-state index contributed by atoms with van der Waals surface area (Å²) >= 11 is 6.42. The third-order valence-electron chi connectivity index (χ3n) is 5.22. The molecular weight excluding hydrogens is 442 g/mol. The zero-order valence-electron chi connectivity index (χ0n) is 18.6. The largest absolute Gasteiger partial charge is 0.489 e. The van der Waals surface area contributed by atoms with Gasteiger partial charge in [0.15, 0.2) is 12.6 Å². The third-order valence-corrected chi connectivity index (χ3v) is 5.58. The Kier molecular flexibility index (Phi) is 9.80. The molecule has 1 aromatic rings. The molecule has 0 spiro atoms. The van der Waals surface area contributed by atoms with E-state index in [4.69, 9.17) is 40.0 Å². The van der Waals surface area contributed by atoms with Gasteiger partial charge in [-0.2, -0.15) is 0 Å². The van der Waals surface area contributed by atoms with Crippen LogP contribution >= 0.6 is 11.6 Å². The second-order valence-electron chi connectivity index (χ2n) is 8.09.